The summed E-state index contributed by atoms with van der Waals surface area (Å²) < 4.78 is 0. The summed E-state index contributed by atoms with van der Waals surface area (Å²) in [5.74, 6) is 1.19. The van der Waals surface area contributed by atoms with Crippen molar-refractivity contribution >= 4 is 11.7 Å². The van der Waals surface area contributed by atoms with Crippen molar-refractivity contribution in [2.24, 2.45) is 0 Å². The van der Waals surface area contributed by atoms with Gasteiger partial charge in [-0.3, -0.25) is 4.79 Å². The van der Waals surface area contributed by atoms with Crippen LogP contribution in [0.4, 0.5) is 5.82 Å². The molecule has 3 heterocycles. The molecule has 1 aromatic rings. The van der Waals surface area contributed by atoms with Gasteiger partial charge in [0, 0.05) is 32.4 Å². The van der Waals surface area contributed by atoms with Crippen molar-refractivity contribution in [2.75, 3.05) is 31.1 Å². The molecule has 2 aliphatic heterocycles. The molecule has 0 aromatic carbocycles. The third-order valence-corrected chi connectivity index (χ3v) is 4.10. The lowest BCUT2D eigenvalue weighted by molar-refractivity contribution is 0.0792. The van der Waals surface area contributed by atoms with Crippen LogP contribution in [-0.4, -0.2) is 42.0 Å². The zero-order valence-electron chi connectivity index (χ0n) is 11.6. The van der Waals surface area contributed by atoms with Gasteiger partial charge < -0.3 is 9.80 Å². The Morgan fingerprint density at radius 2 is 1.74 bits per heavy atom. The Morgan fingerprint density at radius 3 is 2.37 bits per heavy atom. The first-order chi connectivity index (χ1) is 9.25. The van der Waals surface area contributed by atoms with Crippen LogP contribution in [0.2, 0.25) is 0 Å². The van der Waals surface area contributed by atoms with Crippen LogP contribution in [0.1, 0.15) is 41.6 Å². The molecule has 2 saturated heterocycles. The minimum absolute atomic E-state index is 0.140. The first kappa shape index (κ1) is 12.5. The number of anilines is 1. The highest BCUT2D eigenvalue weighted by Gasteiger charge is 2.21. The number of carbonyl (C=O) groups excluding carboxylic acids is 1. The standard InChI is InChI=1S/C15H21N3O/c1-12-10-13(15(19)18-8-4-5-9-18)11-16-14(12)17-6-2-3-7-17/h10-11H,2-9H2,1H3. The maximum atomic E-state index is 12.3. The molecule has 0 unspecified atom stereocenters. The van der Waals surface area contributed by atoms with E-state index in [4.69, 9.17) is 0 Å². The van der Waals surface area contributed by atoms with Gasteiger partial charge in [-0.15, -0.1) is 0 Å². The van der Waals surface area contributed by atoms with E-state index in [2.05, 4.69) is 16.8 Å². The Hall–Kier alpha value is -1.58. The molecule has 0 aliphatic carbocycles. The Bertz CT molecular complexity index is 474. The van der Waals surface area contributed by atoms with Gasteiger partial charge in [0.2, 0.25) is 0 Å². The lowest BCUT2D eigenvalue weighted by Gasteiger charge is -2.20. The number of nitrogens with zero attached hydrogens (tertiary/aromatic N) is 3. The quantitative estimate of drug-likeness (QED) is 0.817. The van der Waals surface area contributed by atoms with Gasteiger partial charge in [0.05, 0.1) is 5.56 Å². The van der Waals surface area contributed by atoms with Crippen molar-refractivity contribution in [3.63, 3.8) is 0 Å². The van der Waals surface area contributed by atoms with Gasteiger partial charge in [-0.2, -0.15) is 0 Å². The molecule has 0 saturated carbocycles. The molecule has 102 valence electrons. The maximum Gasteiger partial charge on any atom is 0.255 e. The average Bonchev–Trinajstić information content (AvgIpc) is 3.11. The lowest BCUT2D eigenvalue weighted by atomic mass is 10.2. The Kier molecular flexibility index (Phi) is 3.40. The summed E-state index contributed by atoms with van der Waals surface area (Å²) >= 11 is 0. The van der Waals surface area contributed by atoms with Crippen molar-refractivity contribution < 1.29 is 4.79 Å². The minimum atomic E-state index is 0.140. The molecular formula is C15H21N3O. The van der Waals surface area contributed by atoms with Crippen LogP contribution in [0.25, 0.3) is 0 Å². The van der Waals surface area contributed by atoms with Crippen LogP contribution in [0, 0.1) is 6.92 Å². The number of hydrogen-bond acceptors (Lipinski definition) is 3. The molecule has 19 heavy (non-hydrogen) atoms. The first-order valence-electron chi connectivity index (χ1n) is 7.26. The van der Waals surface area contributed by atoms with E-state index in [1.165, 1.54) is 12.8 Å². The summed E-state index contributed by atoms with van der Waals surface area (Å²) in [7, 11) is 0. The summed E-state index contributed by atoms with van der Waals surface area (Å²) in [4.78, 5) is 21.1. The molecule has 2 aliphatic rings. The van der Waals surface area contributed by atoms with Crippen molar-refractivity contribution in [2.45, 2.75) is 32.6 Å². The Morgan fingerprint density at radius 1 is 1.11 bits per heavy atom. The summed E-state index contributed by atoms with van der Waals surface area (Å²) in [6, 6.07) is 2.00. The second kappa shape index (κ2) is 5.19. The number of hydrogen-bond donors (Lipinski definition) is 0. The van der Waals surface area contributed by atoms with Gasteiger partial charge in [0.25, 0.3) is 5.91 Å². The molecule has 4 nitrogen and oxygen atoms in total. The Balaban J connectivity index is 1.80. The van der Waals surface area contributed by atoms with E-state index in [1.54, 1.807) is 6.20 Å². The molecule has 2 fully saturated rings. The van der Waals surface area contributed by atoms with E-state index >= 15 is 0 Å². The smallest absolute Gasteiger partial charge is 0.255 e. The maximum absolute atomic E-state index is 12.3. The summed E-state index contributed by atoms with van der Waals surface area (Å²) in [5.41, 5.74) is 1.86. The normalized spacial score (nSPS) is 19.2. The third-order valence-electron chi connectivity index (χ3n) is 4.10. The molecule has 0 bridgehead atoms. The van der Waals surface area contributed by atoms with Crippen molar-refractivity contribution in [3.05, 3.63) is 23.4 Å². The monoisotopic (exact) mass is 259 g/mol. The number of carbonyl (C=O) groups is 1. The zero-order valence-corrected chi connectivity index (χ0v) is 11.6. The van der Waals surface area contributed by atoms with Crippen LogP contribution >= 0.6 is 0 Å². The van der Waals surface area contributed by atoms with E-state index in [-0.39, 0.29) is 5.91 Å². The summed E-state index contributed by atoms with van der Waals surface area (Å²) in [6.45, 7) is 6.03. The molecule has 0 radical (unpaired) electrons. The van der Waals surface area contributed by atoms with Crippen LogP contribution in [0.5, 0.6) is 0 Å². The predicted molar refractivity (Wildman–Crippen MR) is 75.6 cm³/mol. The van der Waals surface area contributed by atoms with Crippen LogP contribution < -0.4 is 4.90 Å². The molecule has 3 rings (SSSR count). The number of likely N-dealkylation sites (tertiary alicyclic amines) is 1. The largest absolute Gasteiger partial charge is 0.356 e. The lowest BCUT2D eigenvalue weighted by Crippen LogP contribution is -2.28. The molecule has 0 N–H and O–H groups in total. The van der Waals surface area contributed by atoms with E-state index in [0.29, 0.717) is 0 Å². The summed E-state index contributed by atoms with van der Waals surface area (Å²) in [5, 5.41) is 0. The van der Waals surface area contributed by atoms with Gasteiger partial charge in [0.1, 0.15) is 5.82 Å². The predicted octanol–water partition coefficient (Wildman–Crippen LogP) is 2.23. The minimum Gasteiger partial charge on any atom is -0.356 e. The molecule has 1 amide bonds. The van der Waals surface area contributed by atoms with E-state index in [9.17, 15) is 4.79 Å². The Labute approximate surface area is 114 Å². The van der Waals surface area contributed by atoms with E-state index in [0.717, 1.165) is 56.0 Å². The van der Waals surface area contributed by atoms with Crippen molar-refractivity contribution in [1.82, 2.24) is 9.88 Å². The van der Waals surface area contributed by atoms with Gasteiger partial charge in [0.15, 0.2) is 0 Å². The number of pyridine rings is 1. The summed E-state index contributed by atoms with van der Waals surface area (Å²) in [6.07, 6.45) is 6.50. The number of aryl methyl sites for hydroxylation is 1. The molecular weight excluding hydrogens is 238 g/mol. The van der Waals surface area contributed by atoms with Crippen molar-refractivity contribution in [1.29, 1.82) is 0 Å². The first-order valence-corrected chi connectivity index (χ1v) is 7.26. The van der Waals surface area contributed by atoms with Gasteiger partial charge in [-0.05, 0) is 44.2 Å². The highest BCUT2D eigenvalue weighted by atomic mass is 16.2. The van der Waals surface area contributed by atoms with Crippen LogP contribution in [0.15, 0.2) is 12.3 Å². The zero-order chi connectivity index (χ0) is 13.2. The van der Waals surface area contributed by atoms with Crippen LogP contribution in [0.3, 0.4) is 0 Å². The van der Waals surface area contributed by atoms with E-state index in [1.807, 2.05) is 11.0 Å². The van der Waals surface area contributed by atoms with Crippen LogP contribution in [-0.2, 0) is 0 Å². The molecule has 4 heteroatoms. The second-order valence-corrected chi connectivity index (χ2v) is 5.56. The third kappa shape index (κ3) is 2.44. The fourth-order valence-electron chi connectivity index (χ4n) is 3.05. The number of aromatic nitrogens is 1. The van der Waals surface area contributed by atoms with E-state index < -0.39 is 0 Å². The average molecular weight is 259 g/mol. The highest BCUT2D eigenvalue weighted by molar-refractivity contribution is 5.94. The van der Waals surface area contributed by atoms with Gasteiger partial charge in [-0.1, -0.05) is 0 Å². The van der Waals surface area contributed by atoms with Gasteiger partial charge >= 0.3 is 0 Å². The fraction of sp³-hybridized carbons (Fsp3) is 0.600. The van der Waals surface area contributed by atoms with Crippen molar-refractivity contribution in [3.8, 4) is 0 Å². The number of amides is 1. The second-order valence-electron chi connectivity index (χ2n) is 5.56. The highest BCUT2D eigenvalue weighted by Crippen LogP contribution is 2.23. The topological polar surface area (TPSA) is 36.4 Å². The number of rotatable bonds is 2. The molecule has 0 atom stereocenters. The molecule has 0 spiro atoms. The molecule has 1 aromatic heterocycles. The SMILES string of the molecule is Cc1cc(C(=O)N2CCCC2)cnc1N1CCCC1. The fourth-order valence-corrected chi connectivity index (χ4v) is 3.05. The van der Waals surface area contributed by atoms with Gasteiger partial charge in [-0.25, -0.2) is 4.98 Å².